The first-order valence-corrected chi connectivity index (χ1v) is 6.31. The van der Waals surface area contributed by atoms with Crippen molar-refractivity contribution in [3.63, 3.8) is 0 Å². The molecule has 0 spiro atoms. The molecule has 1 aliphatic rings. The van der Waals surface area contributed by atoms with Gasteiger partial charge in [-0.25, -0.2) is 4.79 Å². The van der Waals surface area contributed by atoms with Gasteiger partial charge in [0.1, 0.15) is 5.60 Å². The lowest BCUT2D eigenvalue weighted by Gasteiger charge is -2.21. The molecule has 1 N–H and O–H groups in total. The third kappa shape index (κ3) is 4.03. The van der Waals surface area contributed by atoms with Crippen LogP contribution in [0.4, 0.5) is 4.79 Å². The summed E-state index contributed by atoms with van der Waals surface area (Å²) in [7, 11) is 0. The second-order valence-corrected chi connectivity index (χ2v) is 5.96. The summed E-state index contributed by atoms with van der Waals surface area (Å²) in [5.74, 6) is 1.46. The smallest absolute Gasteiger partial charge is 0.407 e. The fourth-order valence-electron chi connectivity index (χ4n) is 2.50. The lowest BCUT2D eigenvalue weighted by Crippen LogP contribution is -2.38. The topological polar surface area (TPSA) is 38.3 Å². The van der Waals surface area contributed by atoms with Crippen LogP contribution in [0.2, 0.25) is 0 Å². The van der Waals surface area contributed by atoms with Crippen molar-refractivity contribution in [3.8, 4) is 0 Å². The van der Waals surface area contributed by atoms with Crippen LogP contribution in [0.15, 0.2) is 0 Å². The third-order valence-corrected chi connectivity index (χ3v) is 3.29. The van der Waals surface area contributed by atoms with Gasteiger partial charge in [-0.05, 0) is 45.4 Å². The van der Waals surface area contributed by atoms with E-state index < -0.39 is 5.60 Å². The van der Waals surface area contributed by atoms with Gasteiger partial charge in [0.2, 0.25) is 0 Å². The van der Waals surface area contributed by atoms with Gasteiger partial charge in [0, 0.05) is 6.04 Å². The van der Waals surface area contributed by atoms with Gasteiger partial charge < -0.3 is 10.1 Å². The van der Waals surface area contributed by atoms with E-state index in [0.29, 0.717) is 12.0 Å². The molecule has 16 heavy (non-hydrogen) atoms. The lowest BCUT2D eigenvalue weighted by molar-refractivity contribution is 0.0504. The van der Waals surface area contributed by atoms with Gasteiger partial charge in [-0.2, -0.15) is 0 Å². The summed E-state index contributed by atoms with van der Waals surface area (Å²) in [5, 5.41) is 2.97. The molecule has 1 amide bonds. The Hall–Kier alpha value is -0.730. The molecule has 1 saturated carbocycles. The van der Waals surface area contributed by atoms with E-state index in [1.165, 1.54) is 6.42 Å². The van der Waals surface area contributed by atoms with Gasteiger partial charge in [-0.1, -0.05) is 20.3 Å². The maximum absolute atomic E-state index is 11.6. The van der Waals surface area contributed by atoms with Crippen LogP contribution < -0.4 is 5.32 Å². The molecule has 0 aromatic heterocycles. The van der Waals surface area contributed by atoms with Crippen LogP contribution in [0.3, 0.4) is 0 Å². The third-order valence-electron chi connectivity index (χ3n) is 3.29. The highest BCUT2D eigenvalue weighted by Crippen LogP contribution is 2.33. The van der Waals surface area contributed by atoms with Gasteiger partial charge >= 0.3 is 6.09 Å². The number of alkyl carbamates (subject to hydrolysis) is 1. The molecular formula is C13H25NO2. The minimum Gasteiger partial charge on any atom is -0.444 e. The van der Waals surface area contributed by atoms with Gasteiger partial charge in [-0.3, -0.25) is 0 Å². The van der Waals surface area contributed by atoms with Crippen LogP contribution in [0, 0.1) is 11.8 Å². The summed E-state index contributed by atoms with van der Waals surface area (Å²) >= 11 is 0. The minimum absolute atomic E-state index is 0.276. The molecule has 0 heterocycles. The van der Waals surface area contributed by atoms with Gasteiger partial charge in [0.25, 0.3) is 0 Å². The fourth-order valence-corrected chi connectivity index (χ4v) is 2.50. The van der Waals surface area contributed by atoms with Crippen molar-refractivity contribution >= 4 is 6.09 Å². The molecule has 0 aliphatic heterocycles. The van der Waals surface area contributed by atoms with E-state index in [-0.39, 0.29) is 6.09 Å². The van der Waals surface area contributed by atoms with E-state index in [2.05, 4.69) is 19.2 Å². The number of carbonyl (C=O) groups is 1. The van der Waals surface area contributed by atoms with Crippen LogP contribution in [0.25, 0.3) is 0 Å². The van der Waals surface area contributed by atoms with E-state index in [0.717, 1.165) is 18.8 Å². The molecule has 3 atom stereocenters. The van der Waals surface area contributed by atoms with Crippen molar-refractivity contribution < 1.29 is 9.53 Å². The summed E-state index contributed by atoms with van der Waals surface area (Å²) in [6.07, 6.45) is 3.10. The average molecular weight is 227 g/mol. The molecule has 1 fully saturated rings. The van der Waals surface area contributed by atoms with Crippen LogP contribution in [0.5, 0.6) is 0 Å². The van der Waals surface area contributed by atoms with Crippen molar-refractivity contribution in [3.05, 3.63) is 0 Å². The molecule has 3 heteroatoms. The zero-order valence-electron chi connectivity index (χ0n) is 11.2. The molecule has 1 rings (SSSR count). The SMILES string of the molecule is CC[C@H]1C[C@@H](NC(=O)OC(C)(C)C)C[C@@H]1C. The van der Waals surface area contributed by atoms with Crippen LogP contribution in [-0.2, 0) is 4.74 Å². The van der Waals surface area contributed by atoms with Crippen LogP contribution in [0.1, 0.15) is 53.9 Å². The normalized spacial score (nSPS) is 30.2. The minimum atomic E-state index is -0.404. The zero-order chi connectivity index (χ0) is 12.3. The van der Waals surface area contributed by atoms with Crippen molar-refractivity contribution in [2.24, 2.45) is 11.8 Å². The molecule has 0 unspecified atom stereocenters. The molecular weight excluding hydrogens is 202 g/mol. The highest BCUT2D eigenvalue weighted by atomic mass is 16.6. The Labute approximate surface area is 98.9 Å². The van der Waals surface area contributed by atoms with E-state index in [1.807, 2.05) is 20.8 Å². The quantitative estimate of drug-likeness (QED) is 0.785. The predicted octanol–water partition coefficient (Wildman–Crippen LogP) is 3.34. The molecule has 3 nitrogen and oxygen atoms in total. The Balaban J connectivity index is 2.36. The summed E-state index contributed by atoms with van der Waals surface area (Å²) in [4.78, 5) is 11.6. The zero-order valence-corrected chi connectivity index (χ0v) is 11.2. The molecule has 0 aromatic carbocycles. The van der Waals surface area contributed by atoms with Gasteiger partial charge in [0.15, 0.2) is 0 Å². The second kappa shape index (κ2) is 5.07. The number of hydrogen-bond acceptors (Lipinski definition) is 2. The standard InChI is InChI=1S/C13H25NO2/c1-6-10-8-11(7-9(10)2)14-12(15)16-13(3,4)5/h9-11H,6-8H2,1-5H3,(H,14,15)/t9-,10-,11-/m0/s1. The maximum Gasteiger partial charge on any atom is 0.407 e. The molecule has 94 valence electrons. The summed E-state index contributed by atoms with van der Waals surface area (Å²) in [5.41, 5.74) is -0.404. The van der Waals surface area contributed by atoms with Crippen molar-refractivity contribution in [2.75, 3.05) is 0 Å². The van der Waals surface area contributed by atoms with Crippen LogP contribution >= 0.6 is 0 Å². The Kier molecular flexibility index (Phi) is 4.22. The number of amides is 1. The van der Waals surface area contributed by atoms with E-state index in [4.69, 9.17) is 4.74 Å². The highest BCUT2D eigenvalue weighted by Gasteiger charge is 2.31. The molecule has 0 radical (unpaired) electrons. The van der Waals surface area contributed by atoms with Crippen LogP contribution in [-0.4, -0.2) is 17.7 Å². The second-order valence-electron chi connectivity index (χ2n) is 5.96. The molecule has 1 aliphatic carbocycles. The predicted molar refractivity (Wildman–Crippen MR) is 65.3 cm³/mol. The lowest BCUT2D eigenvalue weighted by atomic mass is 9.96. The monoisotopic (exact) mass is 227 g/mol. The number of nitrogens with one attached hydrogen (secondary N) is 1. The van der Waals surface area contributed by atoms with E-state index in [1.54, 1.807) is 0 Å². The first-order chi connectivity index (χ1) is 7.31. The summed E-state index contributed by atoms with van der Waals surface area (Å²) < 4.78 is 5.25. The molecule has 0 saturated heterocycles. The summed E-state index contributed by atoms with van der Waals surface area (Å²) in [6.45, 7) is 10.2. The Morgan fingerprint density at radius 3 is 2.44 bits per heavy atom. The van der Waals surface area contributed by atoms with E-state index >= 15 is 0 Å². The highest BCUT2D eigenvalue weighted by molar-refractivity contribution is 5.68. The Morgan fingerprint density at radius 2 is 2.00 bits per heavy atom. The van der Waals surface area contributed by atoms with Crippen molar-refractivity contribution in [2.45, 2.75) is 65.5 Å². The maximum atomic E-state index is 11.6. The average Bonchev–Trinajstić information content (AvgIpc) is 2.42. The molecule has 0 bridgehead atoms. The largest absolute Gasteiger partial charge is 0.444 e. The van der Waals surface area contributed by atoms with E-state index in [9.17, 15) is 4.79 Å². The number of rotatable bonds is 2. The number of carbonyl (C=O) groups excluding carboxylic acids is 1. The first kappa shape index (κ1) is 13.3. The van der Waals surface area contributed by atoms with Gasteiger partial charge in [0.05, 0.1) is 0 Å². The number of ether oxygens (including phenoxy) is 1. The Bertz CT molecular complexity index is 245. The van der Waals surface area contributed by atoms with Crippen molar-refractivity contribution in [1.82, 2.24) is 5.32 Å². The number of hydrogen-bond donors (Lipinski definition) is 1. The first-order valence-electron chi connectivity index (χ1n) is 6.31. The molecule has 0 aromatic rings. The summed E-state index contributed by atoms with van der Waals surface area (Å²) in [6, 6.07) is 0.301. The van der Waals surface area contributed by atoms with Gasteiger partial charge in [-0.15, -0.1) is 0 Å². The van der Waals surface area contributed by atoms with Crippen molar-refractivity contribution in [1.29, 1.82) is 0 Å². The fraction of sp³-hybridized carbons (Fsp3) is 0.923. The Morgan fingerprint density at radius 1 is 1.38 bits per heavy atom.